The van der Waals surface area contributed by atoms with Gasteiger partial charge in [0.25, 0.3) is 12.3 Å². The Labute approximate surface area is 372 Å². The Bertz CT molecular complexity index is 2690. The molecule has 5 aliphatic rings. The maximum Gasteiger partial charge on any atom is 0.329 e. The minimum atomic E-state index is -3.14. The van der Waals surface area contributed by atoms with E-state index < -0.39 is 57.8 Å². The van der Waals surface area contributed by atoms with Crippen molar-refractivity contribution in [2.24, 2.45) is 18.0 Å². The average molecular weight is 922 g/mol. The molecule has 346 valence electrons. The number of nitrogens with zero attached hydrogens (tertiary/aromatic N) is 7. The summed E-state index contributed by atoms with van der Waals surface area (Å²) < 4.78 is 77.9. The highest BCUT2D eigenvalue weighted by atomic mass is 32.2. The van der Waals surface area contributed by atoms with Gasteiger partial charge in [0, 0.05) is 64.8 Å². The fraction of sp³-hybridized carbons (Fsp3) is 0.512. The fourth-order valence-electron chi connectivity index (χ4n) is 9.22. The van der Waals surface area contributed by atoms with Crippen LogP contribution in [-0.4, -0.2) is 130 Å². The van der Waals surface area contributed by atoms with Crippen LogP contribution in [0.3, 0.4) is 0 Å². The molecule has 3 atom stereocenters. The van der Waals surface area contributed by atoms with Crippen molar-refractivity contribution in [2.45, 2.75) is 75.7 Å². The number of amides is 3. The average Bonchev–Trinajstić information content (AvgIpc) is 3.81. The molecule has 3 amide bonds. The molecule has 1 unspecified atom stereocenters. The number of hydrogen-bond donors (Lipinski definition) is 4. The maximum atomic E-state index is 15.5. The highest BCUT2D eigenvalue weighted by molar-refractivity contribution is 7.91. The van der Waals surface area contributed by atoms with Gasteiger partial charge in [-0.25, -0.2) is 31.4 Å². The minimum absolute atomic E-state index is 0.0112. The second-order valence-electron chi connectivity index (χ2n) is 16.9. The molecule has 3 saturated heterocycles. The van der Waals surface area contributed by atoms with Crippen molar-refractivity contribution in [1.82, 2.24) is 39.3 Å². The van der Waals surface area contributed by atoms with E-state index >= 15 is 4.39 Å². The Morgan fingerprint density at radius 2 is 1.86 bits per heavy atom. The highest BCUT2D eigenvalue weighted by Crippen LogP contribution is 2.36. The number of sulfone groups is 1. The molecular weight excluding hydrogens is 872 g/mol. The van der Waals surface area contributed by atoms with Crippen LogP contribution in [-0.2, 0) is 36.0 Å². The molecule has 22 heteroatoms. The number of ether oxygens (including phenoxy) is 1. The number of aryl methyl sites for hydroxylation is 1. The SMILES string of the molecule is Cn1c(=O)n(C2CCC(=O)NC2=O)c2cccc(C#CCO[C@@H]3CCN(C[C@H]4CC[C@H](n5cc(NC(=O)/C(C=N)=C6\N=C(N7CCS(=O)(=O)CC7)C=CN6)c(C(F)F)n5)CC4)C[C@H]3F)c21. The van der Waals surface area contributed by atoms with Gasteiger partial charge in [0.2, 0.25) is 11.8 Å². The number of alkyl halides is 3. The lowest BCUT2D eigenvalue weighted by Gasteiger charge is -2.38. The number of fused-ring (bicyclic) bond motifs is 1. The zero-order valence-electron chi connectivity index (χ0n) is 35.6. The summed E-state index contributed by atoms with van der Waals surface area (Å²) in [4.78, 5) is 59.1. The topological polar surface area (TPSA) is 218 Å². The van der Waals surface area contributed by atoms with Gasteiger partial charge in [0.15, 0.2) is 15.5 Å². The first-order valence-corrected chi connectivity index (χ1v) is 23.4. The summed E-state index contributed by atoms with van der Waals surface area (Å²) in [6.45, 7) is 1.91. The van der Waals surface area contributed by atoms with E-state index in [0.717, 1.165) is 19.1 Å². The Hall–Kier alpha value is -6.05. The van der Waals surface area contributed by atoms with Gasteiger partial charge in [-0.1, -0.05) is 17.9 Å². The number of benzene rings is 1. The predicted octanol–water partition coefficient (Wildman–Crippen LogP) is 2.71. The number of halogens is 3. The van der Waals surface area contributed by atoms with Gasteiger partial charge in [-0.2, -0.15) is 5.10 Å². The van der Waals surface area contributed by atoms with Crippen LogP contribution in [0.15, 0.2) is 57.9 Å². The second kappa shape index (κ2) is 19.2. The van der Waals surface area contributed by atoms with E-state index in [1.165, 1.54) is 26.2 Å². The summed E-state index contributed by atoms with van der Waals surface area (Å²) in [5.74, 6) is 4.85. The number of aliphatic imine (C=N–C) groups is 1. The van der Waals surface area contributed by atoms with Gasteiger partial charge in [-0.05, 0) is 62.7 Å². The summed E-state index contributed by atoms with van der Waals surface area (Å²) in [7, 11) is -1.54. The Morgan fingerprint density at radius 3 is 2.57 bits per heavy atom. The summed E-state index contributed by atoms with van der Waals surface area (Å²) in [6, 6.07) is 4.21. The lowest BCUT2D eigenvalue weighted by molar-refractivity contribution is -0.135. The number of aromatic nitrogens is 4. The van der Waals surface area contributed by atoms with Crippen LogP contribution in [0.1, 0.15) is 74.7 Å². The van der Waals surface area contributed by atoms with Crippen molar-refractivity contribution in [1.29, 1.82) is 5.41 Å². The van der Waals surface area contributed by atoms with Crippen molar-refractivity contribution in [3.8, 4) is 11.8 Å². The summed E-state index contributed by atoms with van der Waals surface area (Å²) in [6.07, 6.45) is 4.05. The molecule has 65 heavy (non-hydrogen) atoms. The molecule has 4 aliphatic heterocycles. The molecule has 3 aromatic rings. The number of imide groups is 1. The standard InChI is InChI=1S/C43H50F3N11O7S/c1-53-38-27(4-2-6-32(38)57(43(53)61)33-11-12-36(58)51-42(33)60)5-3-19-64-34-14-16-54(24-30(34)44)23-26-7-9-28(10-8-26)56-25-31(37(52-56)39(45)46)49-41(59)29(22-47)40-48-15-13-35(50-40)55-17-20-65(62,63)21-18-55/h2,4,6,13,15,22,25-26,28,30,33-34,39,47-48H,7-12,14,16-21,23-24H2,1H3,(H,49,59)(H,51,58,60)/b40-29-,47-22?/t26-,28-,30-,33?,34-/m1/s1. The van der Waals surface area contributed by atoms with Gasteiger partial charge < -0.3 is 25.7 Å². The van der Waals surface area contributed by atoms with Gasteiger partial charge in [-0.15, -0.1) is 0 Å². The van der Waals surface area contributed by atoms with Gasteiger partial charge in [0.05, 0.1) is 51.5 Å². The normalized spacial score (nSPS) is 25.6. The van der Waals surface area contributed by atoms with Crippen molar-refractivity contribution in [3.63, 3.8) is 0 Å². The molecular formula is C43H50F3N11O7S. The smallest absolute Gasteiger partial charge is 0.329 e. The third-order valence-electron chi connectivity index (χ3n) is 12.7. The van der Waals surface area contributed by atoms with Crippen molar-refractivity contribution in [2.75, 3.05) is 56.2 Å². The molecule has 2 aromatic heterocycles. The van der Waals surface area contributed by atoms with Crippen molar-refractivity contribution < 1.29 is 40.7 Å². The summed E-state index contributed by atoms with van der Waals surface area (Å²) >= 11 is 0. The number of piperidine rings is 2. The first-order valence-electron chi connectivity index (χ1n) is 21.6. The number of para-hydroxylation sites is 1. The molecule has 8 rings (SSSR count). The molecule has 0 bridgehead atoms. The number of imidazole rings is 1. The predicted molar refractivity (Wildman–Crippen MR) is 234 cm³/mol. The Kier molecular flexibility index (Phi) is 13.4. The van der Waals surface area contributed by atoms with E-state index in [0.29, 0.717) is 54.8 Å². The molecule has 18 nitrogen and oxygen atoms in total. The first-order chi connectivity index (χ1) is 31.2. The van der Waals surface area contributed by atoms with E-state index in [9.17, 15) is 36.4 Å². The molecule has 0 radical (unpaired) electrons. The lowest BCUT2D eigenvalue weighted by Crippen LogP contribution is -2.47. The Balaban J connectivity index is 0.821. The maximum absolute atomic E-state index is 15.5. The first kappa shape index (κ1) is 45.5. The number of anilines is 1. The summed E-state index contributed by atoms with van der Waals surface area (Å²) in [5.41, 5.74) is 0.213. The zero-order valence-corrected chi connectivity index (χ0v) is 36.5. The van der Waals surface area contributed by atoms with Crippen molar-refractivity contribution in [3.05, 3.63) is 69.8 Å². The van der Waals surface area contributed by atoms with Crippen LogP contribution in [0.2, 0.25) is 0 Å². The summed E-state index contributed by atoms with van der Waals surface area (Å²) in [5, 5.41) is 19.7. The molecule has 4 fully saturated rings. The number of amidine groups is 1. The van der Waals surface area contributed by atoms with Crippen LogP contribution < -0.4 is 21.6 Å². The number of hydrogen-bond acceptors (Lipinski definition) is 13. The van der Waals surface area contributed by atoms with E-state index in [1.807, 2.05) is 0 Å². The second-order valence-corrected chi connectivity index (χ2v) is 19.2. The van der Waals surface area contributed by atoms with Crippen LogP contribution in [0, 0.1) is 23.2 Å². The number of nitrogens with one attached hydrogen (secondary N) is 4. The van der Waals surface area contributed by atoms with E-state index in [1.54, 1.807) is 36.2 Å². The zero-order chi connectivity index (χ0) is 46.0. The van der Waals surface area contributed by atoms with Crippen LogP contribution in [0.25, 0.3) is 11.0 Å². The quantitative estimate of drug-likeness (QED) is 0.100. The Morgan fingerprint density at radius 1 is 1.09 bits per heavy atom. The molecule has 0 spiro atoms. The van der Waals surface area contributed by atoms with Crippen LogP contribution in [0.4, 0.5) is 18.9 Å². The van der Waals surface area contributed by atoms with E-state index in [2.05, 4.69) is 42.8 Å². The number of carbonyl (C=O) groups excluding carboxylic acids is 3. The molecule has 4 N–H and O–H groups in total. The molecule has 1 aromatic carbocycles. The number of likely N-dealkylation sites (tertiary alicyclic amines) is 1. The fourth-order valence-corrected chi connectivity index (χ4v) is 10.4. The third-order valence-corrected chi connectivity index (χ3v) is 14.3. The minimum Gasteiger partial charge on any atom is -0.362 e. The molecule has 6 heterocycles. The van der Waals surface area contributed by atoms with E-state index in [4.69, 9.17) is 10.1 Å². The van der Waals surface area contributed by atoms with Gasteiger partial charge in [-0.3, -0.25) is 38.4 Å². The van der Waals surface area contributed by atoms with Crippen LogP contribution >= 0.6 is 0 Å². The van der Waals surface area contributed by atoms with Crippen LogP contribution in [0.5, 0.6) is 0 Å². The van der Waals surface area contributed by atoms with Crippen molar-refractivity contribution >= 4 is 56.3 Å². The largest absolute Gasteiger partial charge is 0.362 e. The lowest BCUT2D eigenvalue weighted by atomic mass is 9.85. The molecule has 1 saturated carbocycles. The highest BCUT2D eigenvalue weighted by Gasteiger charge is 2.34. The van der Waals surface area contributed by atoms with Gasteiger partial charge >= 0.3 is 5.69 Å². The number of carbonyl (C=O) groups is 3. The van der Waals surface area contributed by atoms with Gasteiger partial charge in [0.1, 0.15) is 30.5 Å². The molecule has 1 aliphatic carbocycles. The van der Waals surface area contributed by atoms with E-state index in [-0.39, 0.29) is 85.5 Å². The third kappa shape index (κ3) is 9.96. The monoisotopic (exact) mass is 921 g/mol. The number of rotatable bonds is 10.